The van der Waals surface area contributed by atoms with Crippen molar-refractivity contribution in [2.75, 3.05) is 0 Å². The van der Waals surface area contributed by atoms with E-state index >= 15 is 0 Å². The minimum atomic E-state index is -2.56. The number of hydrogen-bond donors (Lipinski definition) is 2. The highest BCUT2D eigenvalue weighted by atomic mass is 32.2. The summed E-state index contributed by atoms with van der Waals surface area (Å²) in [6.07, 6.45) is 1.96. The maximum absolute atomic E-state index is 12.8. The molecule has 1 aromatic heterocycles. The number of aromatic nitrogens is 2. The quantitative estimate of drug-likeness (QED) is 0.678. The molecule has 2 N–H and O–H groups in total. The molecule has 1 unspecified atom stereocenters. The van der Waals surface area contributed by atoms with Gasteiger partial charge in [-0.25, -0.2) is 4.21 Å². The van der Waals surface area contributed by atoms with Gasteiger partial charge in [0, 0.05) is 5.39 Å². The molecule has 0 radical (unpaired) electrons. The Balaban J connectivity index is 1.97. The third kappa shape index (κ3) is 1.86. The van der Waals surface area contributed by atoms with Crippen LogP contribution in [-0.4, -0.2) is 20.3 Å². The first-order chi connectivity index (χ1) is 10.1. The summed E-state index contributed by atoms with van der Waals surface area (Å²) in [7, 11) is -2.56. The maximum Gasteiger partial charge on any atom is 0.117 e. The van der Waals surface area contributed by atoms with Crippen LogP contribution in [0, 0.1) is 0 Å². The SMILES string of the molecule is C=S1(=O)NC(c2n[nH]c3ccccc23)=Cc2ccccc21. The van der Waals surface area contributed by atoms with Gasteiger partial charge in [-0.05, 0) is 29.6 Å². The lowest BCUT2D eigenvalue weighted by atomic mass is 10.1. The second kappa shape index (κ2) is 4.23. The molecule has 1 atom stereocenters. The normalized spacial score (nSPS) is 20.7. The monoisotopic (exact) mass is 295 g/mol. The third-order valence-corrected chi connectivity index (χ3v) is 5.21. The van der Waals surface area contributed by atoms with E-state index in [2.05, 4.69) is 20.8 Å². The Morgan fingerprint density at radius 1 is 1.05 bits per heavy atom. The Morgan fingerprint density at radius 3 is 2.71 bits per heavy atom. The zero-order valence-electron chi connectivity index (χ0n) is 11.2. The van der Waals surface area contributed by atoms with Crippen molar-refractivity contribution in [2.45, 2.75) is 4.90 Å². The van der Waals surface area contributed by atoms with Crippen LogP contribution >= 0.6 is 0 Å². The van der Waals surface area contributed by atoms with Crippen molar-refractivity contribution in [1.82, 2.24) is 14.9 Å². The number of fused-ring (bicyclic) bond motifs is 2. The lowest BCUT2D eigenvalue weighted by molar-refractivity contribution is 0.677. The molecule has 0 spiro atoms. The molecule has 0 saturated carbocycles. The summed E-state index contributed by atoms with van der Waals surface area (Å²) in [6, 6.07) is 15.4. The van der Waals surface area contributed by atoms with Crippen LogP contribution in [0.15, 0.2) is 53.4 Å². The van der Waals surface area contributed by atoms with E-state index in [1.807, 2.05) is 54.6 Å². The molecule has 4 nitrogen and oxygen atoms in total. The lowest BCUT2D eigenvalue weighted by Crippen LogP contribution is -2.26. The first kappa shape index (κ1) is 12.2. The van der Waals surface area contributed by atoms with E-state index in [4.69, 9.17) is 0 Å². The summed E-state index contributed by atoms with van der Waals surface area (Å²) in [5, 5.41) is 8.33. The van der Waals surface area contributed by atoms with Gasteiger partial charge in [0.15, 0.2) is 0 Å². The Hall–Kier alpha value is -2.53. The summed E-state index contributed by atoms with van der Waals surface area (Å²) >= 11 is 0. The van der Waals surface area contributed by atoms with Crippen molar-refractivity contribution >= 4 is 38.3 Å². The van der Waals surface area contributed by atoms with E-state index in [1.54, 1.807) is 0 Å². The first-order valence-corrected chi connectivity index (χ1v) is 8.27. The molecule has 2 heterocycles. The summed E-state index contributed by atoms with van der Waals surface area (Å²) in [5.74, 6) is 3.85. The molecule has 2 aromatic carbocycles. The number of nitrogens with one attached hydrogen (secondary N) is 2. The molecule has 5 heteroatoms. The third-order valence-electron chi connectivity index (χ3n) is 3.57. The molecule has 104 valence electrons. The van der Waals surface area contributed by atoms with Gasteiger partial charge in [-0.3, -0.25) is 5.10 Å². The highest BCUT2D eigenvalue weighted by Gasteiger charge is 2.21. The molecular formula is C16H13N3OS. The van der Waals surface area contributed by atoms with Gasteiger partial charge in [0.1, 0.15) is 5.69 Å². The molecule has 0 bridgehead atoms. The summed E-state index contributed by atoms with van der Waals surface area (Å²) in [4.78, 5) is 0.730. The highest BCUT2D eigenvalue weighted by molar-refractivity contribution is 7.99. The summed E-state index contributed by atoms with van der Waals surface area (Å²) < 4.78 is 15.8. The molecule has 0 fully saturated rings. The van der Waals surface area contributed by atoms with Gasteiger partial charge < -0.3 is 4.72 Å². The van der Waals surface area contributed by atoms with Gasteiger partial charge in [-0.2, -0.15) is 5.10 Å². The summed E-state index contributed by atoms with van der Waals surface area (Å²) in [6.45, 7) is 0. The zero-order valence-corrected chi connectivity index (χ0v) is 12.0. The Kier molecular flexibility index (Phi) is 2.46. The molecule has 0 amide bonds. The predicted octanol–water partition coefficient (Wildman–Crippen LogP) is 2.65. The maximum atomic E-state index is 12.8. The fourth-order valence-corrected chi connectivity index (χ4v) is 4.03. The Bertz CT molecular complexity index is 983. The van der Waals surface area contributed by atoms with Crippen molar-refractivity contribution in [2.24, 2.45) is 0 Å². The highest BCUT2D eigenvalue weighted by Crippen LogP contribution is 2.30. The second-order valence-electron chi connectivity index (χ2n) is 4.99. The minimum Gasteiger partial charge on any atom is -0.307 e. The van der Waals surface area contributed by atoms with Crippen LogP contribution in [0.4, 0.5) is 0 Å². The number of benzene rings is 2. The molecule has 1 aliphatic rings. The molecule has 0 saturated heterocycles. The van der Waals surface area contributed by atoms with Crippen LogP contribution in [0.3, 0.4) is 0 Å². The van der Waals surface area contributed by atoms with Gasteiger partial charge in [0.25, 0.3) is 0 Å². The molecular weight excluding hydrogens is 282 g/mol. The largest absolute Gasteiger partial charge is 0.307 e. The number of hydrogen-bond acceptors (Lipinski definition) is 2. The van der Waals surface area contributed by atoms with Crippen LogP contribution in [0.25, 0.3) is 22.7 Å². The van der Waals surface area contributed by atoms with Crippen molar-refractivity contribution < 1.29 is 4.21 Å². The molecule has 1 aliphatic heterocycles. The van der Waals surface area contributed by atoms with Crippen molar-refractivity contribution in [3.05, 3.63) is 59.8 Å². The van der Waals surface area contributed by atoms with Crippen LogP contribution in [0.2, 0.25) is 0 Å². The second-order valence-corrected chi connectivity index (χ2v) is 6.99. The topological polar surface area (TPSA) is 57.8 Å². The van der Waals surface area contributed by atoms with E-state index < -0.39 is 9.71 Å². The van der Waals surface area contributed by atoms with Crippen molar-refractivity contribution in [3.63, 3.8) is 0 Å². The molecule has 21 heavy (non-hydrogen) atoms. The smallest absolute Gasteiger partial charge is 0.117 e. The Labute approximate surface area is 122 Å². The summed E-state index contributed by atoms with van der Waals surface area (Å²) in [5.41, 5.74) is 3.35. The van der Waals surface area contributed by atoms with Gasteiger partial charge in [0.2, 0.25) is 0 Å². The standard InChI is InChI=1S/C16H13N3OS/c1-21(20)15-9-5-2-6-11(15)10-14(19-21)16-12-7-3-4-8-13(12)17-18-16/h2-10H,1H2,(H,17,18)(H,19,20). The number of rotatable bonds is 1. The van der Waals surface area contributed by atoms with Gasteiger partial charge in [0.05, 0.1) is 25.8 Å². The van der Waals surface area contributed by atoms with E-state index in [9.17, 15) is 4.21 Å². The molecule has 0 aliphatic carbocycles. The van der Waals surface area contributed by atoms with Crippen LogP contribution < -0.4 is 4.72 Å². The fraction of sp³-hybridized carbons (Fsp3) is 0. The van der Waals surface area contributed by atoms with E-state index in [1.165, 1.54) is 0 Å². The zero-order chi connectivity index (χ0) is 14.4. The molecule has 4 rings (SSSR count). The van der Waals surface area contributed by atoms with E-state index in [0.29, 0.717) is 0 Å². The van der Waals surface area contributed by atoms with Gasteiger partial charge >= 0.3 is 0 Å². The van der Waals surface area contributed by atoms with E-state index in [0.717, 1.165) is 32.8 Å². The van der Waals surface area contributed by atoms with Crippen molar-refractivity contribution in [3.8, 4) is 0 Å². The van der Waals surface area contributed by atoms with Crippen LogP contribution in [-0.2, 0) is 9.71 Å². The predicted molar refractivity (Wildman–Crippen MR) is 87.1 cm³/mol. The fourth-order valence-electron chi connectivity index (χ4n) is 2.60. The van der Waals surface area contributed by atoms with Crippen LogP contribution in [0.1, 0.15) is 11.3 Å². The number of para-hydroxylation sites is 1. The van der Waals surface area contributed by atoms with Crippen LogP contribution in [0.5, 0.6) is 0 Å². The van der Waals surface area contributed by atoms with Gasteiger partial charge in [-0.15, -0.1) is 0 Å². The lowest BCUT2D eigenvalue weighted by Gasteiger charge is -2.21. The van der Waals surface area contributed by atoms with E-state index in [-0.39, 0.29) is 0 Å². The number of H-pyrrole nitrogens is 1. The number of aromatic amines is 1. The van der Waals surface area contributed by atoms with Gasteiger partial charge in [-0.1, -0.05) is 36.4 Å². The average Bonchev–Trinajstić information content (AvgIpc) is 2.90. The molecule has 3 aromatic rings. The Morgan fingerprint density at radius 2 is 1.81 bits per heavy atom. The van der Waals surface area contributed by atoms with Crippen molar-refractivity contribution in [1.29, 1.82) is 0 Å². The first-order valence-electron chi connectivity index (χ1n) is 6.54. The number of nitrogens with zero attached hydrogens (tertiary/aromatic N) is 1. The average molecular weight is 295 g/mol. The minimum absolute atomic E-state index is 0.728.